The number of nitrogens with two attached hydrogens (primary N) is 1. The first-order valence-electron chi connectivity index (χ1n) is 3.67. The number of nitrogens with zero attached hydrogens (tertiary/aromatic N) is 1. The molecule has 0 spiro atoms. The Bertz CT molecular complexity index is 258. The van der Waals surface area contributed by atoms with E-state index in [-0.39, 0.29) is 0 Å². The predicted octanol–water partition coefficient (Wildman–Crippen LogP) is 1.41. The Morgan fingerprint density at radius 1 is 1.42 bits per heavy atom. The van der Waals surface area contributed by atoms with Gasteiger partial charge >= 0.3 is 6.03 Å². The van der Waals surface area contributed by atoms with E-state index >= 15 is 0 Å². The number of primary amides is 1. The van der Waals surface area contributed by atoms with Crippen molar-refractivity contribution in [3.8, 4) is 0 Å². The van der Waals surface area contributed by atoms with Crippen LogP contribution in [0.1, 0.15) is 0 Å². The van der Waals surface area contributed by atoms with Gasteiger partial charge in [-0.05, 0) is 19.1 Å². The number of hydrogen-bond donors (Lipinski definition) is 1. The molecule has 63 valence electrons. The molecular weight excluding hydrogens is 152 g/mol. The number of urea groups is 1. The van der Waals surface area contributed by atoms with Gasteiger partial charge in [-0.15, -0.1) is 0 Å². The molecule has 1 aromatic rings. The molecule has 2 amide bonds. The Balaban J connectivity index is 2.88. The van der Waals surface area contributed by atoms with Crippen molar-refractivity contribution >= 4 is 11.7 Å². The molecule has 0 heterocycles. The number of hydrogen-bond acceptors (Lipinski definition) is 1. The minimum Gasteiger partial charge on any atom is -0.351 e. The summed E-state index contributed by atoms with van der Waals surface area (Å²) in [6.07, 6.45) is 0. The summed E-state index contributed by atoms with van der Waals surface area (Å²) in [5.41, 5.74) is 5.90. The monoisotopic (exact) mass is 163 g/mol. The smallest absolute Gasteiger partial charge is 0.319 e. The number of carbonyl (C=O) groups excluding carboxylic acids is 1. The first-order chi connectivity index (χ1) is 5.75. The van der Waals surface area contributed by atoms with Crippen LogP contribution in [0.4, 0.5) is 10.5 Å². The van der Waals surface area contributed by atoms with Crippen LogP contribution in [0, 0.1) is 6.92 Å². The van der Waals surface area contributed by atoms with E-state index in [4.69, 9.17) is 5.73 Å². The number of amides is 2. The standard InChI is InChI=1S/C9H11N2O/c1-2-11(9(10)12)8-6-4-3-5-7-8/h3-7H,1-2H2,(H2,10,12). The molecule has 12 heavy (non-hydrogen) atoms. The van der Waals surface area contributed by atoms with Crippen LogP contribution in [-0.2, 0) is 0 Å². The van der Waals surface area contributed by atoms with Crippen LogP contribution >= 0.6 is 0 Å². The zero-order valence-electron chi connectivity index (χ0n) is 6.73. The van der Waals surface area contributed by atoms with Crippen molar-refractivity contribution < 1.29 is 4.79 Å². The summed E-state index contributed by atoms with van der Waals surface area (Å²) < 4.78 is 0. The van der Waals surface area contributed by atoms with Crippen molar-refractivity contribution in [3.05, 3.63) is 37.3 Å². The molecule has 0 saturated heterocycles. The van der Waals surface area contributed by atoms with E-state index in [1.165, 1.54) is 4.90 Å². The maximum atomic E-state index is 10.8. The van der Waals surface area contributed by atoms with Crippen LogP contribution in [-0.4, -0.2) is 12.6 Å². The molecule has 0 unspecified atom stereocenters. The second kappa shape index (κ2) is 3.76. The minimum absolute atomic E-state index is 0.347. The quantitative estimate of drug-likeness (QED) is 0.703. The van der Waals surface area contributed by atoms with Gasteiger partial charge in [-0.1, -0.05) is 18.2 Å². The molecule has 0 saturated carbocycles. The van der Waals surface area contributed by atoms with Crippen LogP contribution in [0.2, 0.25) is 0 Å². The third-order valence-electron chi connectivity index (χ3n) is 1.56. The van der Waals surface area contributed by atoms with Gasteiger partial charge in [0.25, 0.3) is 0 Å². The van der Waals surface area contributed by atoms with Gasteiger partial charge in [-0.2, -0.15) is 0 Å². The molecule has 3 nitrogen and oxygen atoms in total. The average molecular weight is 163 g/mol. The molecule has 0 aliphatic heterocycles. The highest BCUT2D eigenvalue weighted by atomic mass is 16.2. The molecule has 2 N–H and O–H groups in total. The van der Waals surface area contributed by atoms with E-state index < -0.39 is 6.03 Å². The Hall–Kier alpha value is -1.51. The predicted molar refractivity (Wildman–Crippen MR) is 48.7 cm³/mol. The molecule has 3 heteroatoms. The molecule has 1 aromatic carbocycles. The van der Waals surface area contributed by atoms with Gasteiger partial charge in [0, 0.05) is 12.2 Å². The summed E-state index contributed by atoms with van der Waals surface area (Å²) in [5.74, 6) is 0. The number of para-hydroxylation sites is 1. The van der Waals surface area contributed by atoms with E-state index in [9.17, 15) is 4.79 Å². The molecule has 0 aromatic heterocycles. The fourth-order valence-corrected chi connectivity index (χ4v) is 0.974. The molecule has 1 rings (SSSR count). The lowest BCUT2D eigenvalue weighted by atomic mass is 10.3. The molecule has 1 radical (unpaired) electrons. The molecule has 0 aliphatic rings. The van der Waals surface area contributed by atoms with Gasteiger partial charge in [-0.3, -0.25) is 4.90 Å². The highest BCUT2D eigenvalue weighted by molar-refractivity contribution is 5.90. The first kappa shape index (κ1) is 8.59. The summed E-state index contributed by atoms with van der Waals surface area (Å²) in [4.78, 5) is 12.2. The largest absolute Gasteiger partial charge is 0.351 e. The van der Waals surface area contributed by atoms with Crippen LogP contribution in [0.15, 0.2) is 30.3 Å². The van der Waals surface area contributed by atoms with Crippen LogP contribution < -0.4 is 10.6 Å². The normalized spacial score (nSPS) is 9.42. The second-order valence-electron chi connectivity index (χ2n) is 2.33. The maximum Gasteiger partial charge on any atom is 0.319 e. The highest BCUT2D eigenvalue weighted by Gasteiger charge is 2.07. The van der Waals surface area contributed by atoms with E-state index in [2.05, 4.69) is 6.92 Å². The summed E-state index contributed by atoms with van der Waals surface area (Å²) in [7, 11) is 0. The van der Waals surface area contributed by atoms with Gasteiger partial charge in [0.05, 0.1) is 0 Å². The van der Waals surface area contributed by atoms with Gasteiger partial charge in [0.15, 0.2) is 0 Å². The van der Waals surface area contributed by atoms with Crippen molar-refractivity contribution in [1.29, 1.82) is 0 Å². The van der Waals surface area contributed by atoms with E-state index in [1.807, 2.05) is 30.3 Å². The zero-order chi connectivity index (χ0) is 8.97. The van der Waals surface area contributed by atoms with Crippen molar-refractivity contribution in [2.24, 2.45) is 5.73 Å². The van der Waals surface area contributed by atoms with Crippen LogP contribution in [0.5, 0.6) is 0 Å². The van der Waals surface area contributed by atoms with Crippen LogP contribution in [0.3, 0.4) is 0 Å². The molecule has 0 fully saturated rings. The third-order valence-corrected chi connectivity index (χ3v) is 1.56. The van der Waals surface area contributed by atoms with E-state index in [1.54, 1.807) is 0 Å². The van der Waals surface area contributed by atoms with Crippen molar-refractivity contribution in [1.82, 2.24) is 0 Å². The minimum atomic E-state index is -0.476. The lowest BCUT2D eigenvalue weighted by Gasteiger charge is -2.17. The molecular formula is C9H11N2O. The first-order valence-corrected chi connectivity index (χ1v) is 3.67. The SMILES string of the molecule is [CH2]CN(C(N)=O)c1ccccc1. The fourth-order valence-electron chi connectivity index (χ4n) is 0.974. The molecule has 0 atom stereocenters. The van der Waals surface area contributed by atoms with E-state index in [0.29, 0.717) is 6.54 Å². The Morgan fingerprint density at radius 2 is 2.00 bits per heavy atom. The number of anilines is 1. The second-order valence-corrected chi connectivity index (χ2v) is 2.33. The maximum absolute atomic E-state index is 10.8. The number of carbonyl (C=O) groups is 1. The van der Waals surface area contributed by atoms with Gasteiger partial charge in [0.1, 0.15) is 0 Å². The number of rotatable bonds is 2. The van der Waals surface area contributed by atoms with Crippen molar-refractivity contribution in [2.75, 3.05) is 11.4 Å². The van der Waals surface area contributed by atoms with Crippen molar-refractivity contribution in [2.45, 2.75) is 0 Å². The van der Waals surface area contributed by atoms with Gasteiger partial charge < -0.3 is 5.73 Å². The third kappa shape index (κ3) is 1.75. The lowest BCUT2D eigenvalue weighted by molar-refractivity contribution is 0.254. The highest BCUT2D eigenvalue weighted by Crippen LogP contribution is 2.11. The van der Waals surface area contributed by atoms with Crippen molar-refractivity contribution in [3.63, 3.8) is 0 Å². The summed E-state index contributed by atoms with van der Waals surface area (Å²) in [6, 6.07) is 8.73. The zero-order valence-corrected chi connectivity index (χ0v) is 6.73. The summed E-state index contributed by atoms with van der Waals surface area (Å²) >= 11 is 0. The van der Waals surface area contributed by atoms with E-state index in [0.717, 1.165) is 5.69 Å². The lowest BCUT2D eigenvalue weighted by Crippen LogP contribution is -2.35. The Kier molecular flexibility index (Phi) is 2.69. The molecule has 0 aliphatic carbocycles. The van der Waals surface area contributed by atoms with Gasteiger partial charge in [0.2, 0.25) is 0 Å². The fraction of sp³-hybridized carbons (Fsp3) is 0.111. The Labute approximate surface area is 71.8 Å². The average Bonchev–Trinajstić information content (AvgIpc) is 2.07. The number of benzene rings is 1. The summed E-state index contributed by atoms with van der Waals surface area (Å²) in [6.45, 7) is 3.96. The topological polar surface area (TPSA) is 46.3 Å². The summed E-state index contributed by atoms with van der Waals surface area (Å²) in [5, 5.41) is 0. The van der Waals surface area contributed by atoms with Crippen LogP contribution in [0.25, 0.3) is 0 Å². The van der Waals surface area contributed by atoms with Gasteiger partial charge in [-0.25, -0.2) is 4.79 Å². The Morgan fingerprint density at radius 3 is 2.42 bits per heavy atom. The molecule has 0 bridgehead atoms.